The van der Waals surface area contributed by atoms with Crippen molar-refractivity contribution in [3.05, 3.63) is 70.0 Å². The molecule has 0 atom stereocenters. The molecule has 3 rings (SSSR count). The number of halogens is 2. The molecule has 0 aliphatic carbocycles. The van der Waals surface area contributed by atoms with E-state index in [-0.39, 0.29) is 18.3 Å². The maximum atomic E-state index is 12.1. The highest BCUT2D eigenvalue weighted by molar-refractivity contribution is 7.99. The molecule has 0 saturated heterocycles. The summed E-state index contributed by atoms with van der Waals surface area (Å²) in [6, 6.07) is 15.1. The summed E-state index contributed by atoms with van der Waals surface area (Å²) in [7, 11) is 1.83. The number of nitrogens with one attached hydrogen (secondary N) is 1. The van der Waals surface area contributed by atoms with Crippen LogP contribution in [0.5, 0.6) is 5.75 Å². The molecular weight excluding hydrogens is 431 g/mol. The van der Waals surface area contributed by atoms with Crippen LogP contribution in [0.4, 0.5) is 0 Å². The van der Waals surface area contributed by atoms with Gasteiger partial charge in [0.05, 0.1) is 10.8 Å². The van der Waals surface area contributed by atoms with Crippen molar-refractivity contribution in [2.24, 2.45) is 7.05 Å². The molecule has 0 saturated carbocycles. The van der Waals surface area contributed by atoms with Gasteiger partial charge in [0.2, 0.25) is 5.91 Å². The average molecular weight is 451 g/mol. The lowest BCUT2D eigenvalue weighted by Crippen LogP contribution is -2.27. The summed E-state index contributed by atoms with van der Waals surface area (Å²) in [5.74, 6) is 1.37. The number of nitrogens with zero attached hydrogens (tertiary/aromatic N) is 3. The first-order chi connectivity index (χ1) is 14.0. The first-order valence-corrected chi connectivity index (χ1v) is 10.7. The van der Waals surface area contributed by atoms with Crippen LogP contribution in [0, 0.1) is 0 Å². The highest BCUT2D eigenvalue weighted by Gasteiger charge is 2.13. The van der Waals surface area contributed by atoms with E-state index in [0.717, 1.165) is 6.42 Å². The number of thioether (sulfide) groups is 1. The number of hydrogen-bond acceptors (Lipinski definition) is 5. The van der Waals surface area contributed by atoms with Crippen molar-refractivity contribution in [2.45, 2.75) is 18.2 Å². The average Bonchev–Trinajstić information content (AvgIpc) is 3.06. The Morgan fingerprint density at radius 1 is 1.17 bits per heavy atom. The minimum absolute atomic E-state index is 0.0420. The van der Waals surface area contributed by atoms with Crippen molar-refractivity contribution in [2.75, 3.05) is 12.3 Å². The first kappa shape index (κ1) is 21.5. The lowest BCUT2D eigenvalue weighted by Gasteiger charge is -2.08. The van der Waals surface area contributed by atoms with Gasteiger partial charge in [-0.15, -0.1) is 10.2 Å². The topological polar surface area (TPSA) is 69.0 Å². The summed E-state index contributed by atoms with van der Waals surface area (Å²) in [5.41, 5.74) is 1.19. The summed E-state index contributed by atoms with van der Waals surface area (Å²) in [6.45, 7) is 0.803. The maximum absolute atomic E-state index is 12.1. The van der Waals surface area contributed by atoms with Crippen molar-refractivity contribution < 1.29 is 9.53 Å². The summed E-state index contributed by atoms with van der Waals surface area (Å²) in [6.07, 6.45) is 0.802. The number of benzene rings is 2. The van der Waals surface area contributed by atoms with Crippen LogP contribution in [0.25, 0.3) is 0 Å². The van der Waals surface area contributed by atoms with Crippen molar-refractivity contribution >= 4 is 40.9 Å². The van der Waals surface area contributed by atoms with Crippen LogP contribution in [-0.2, 0) is 24.9 Å². The molecule has 152 valence electrons. The van der Waals surface area contributed by atoms with Gasteiger partial charge < -0.3 is 14.6 Å². The van der Waals surface area contributed by atoms with Crippen molar-refractivity contribution in [3.63, 3.8) is 0 Å². The van der Waals surface area contributed by atoms with Gasteiger partial charge in [-0.3, -0.25) is 4.79 Å². The quantitative estimate of drug-likeness (QED) is 0.495. The Bertz CT molecular complexity index is 966. The number of amides is 1. The van der Waals surface area contributed by atoms with E-state index in [9.17, 15) is 4.79 Å². The fourth-order valence-corrected chi connectivity index (χ4v) is 3.73. The molecule has 1 N–H and O–H groups in total. The van der Waals surface area contributed by atoms with Crippen LogP contribution in [0.15, 0.2) is 53.7 Å². The Hall–Kier alpha value is -2.22. The minimum Gasteiger partial charge on any atom is -0.484 e. The van der Waals surface area contributed by atoms with Gasteiger partial charge in [0, 0.05) is 18.6 Å². The van der Waals surface area contributed by atoms with E-state index in [1.54, 1.807) is 22.8 Å². The van der Waals surface area contributed by atoms with E-state index in [2.05, 4.69) is 15.5 Å². The summed E-state index contributed by atoms with van der Waals surface area (Å²) in [5, 5.41) is 12.8. The monoisotopic (exact) mass is 450 g/mol. The molecule has 3 aromatic rings. The highest BCUT2D eigenvalue weighted by atomic mass is 35.5. The fourth-order valence-electron chi connectivity index (χ4n) is 2.50. The van der Waals surface area contributed by atoms with Gasteiger partial charge in [-0.05, 0) is 30.2 Å². The Morgan fingerprint density at radius 3 is 2.72 bits per heavy atom. The van der Waals surface area contributed by atoms with E-state index >= 15 is 0 Å². The van der Waals surface area contributed by atoms with Crippen LogP contribution >= 0.6 is 35.0 Å². The van der Waals surface area contributed by atoms with Gasteiger partial charge in [0.25, 0.3) is 0 Å². The standard InChI is InChI=1S/C20H20Cl2N4O2S/c1-26-18(12-28-17-8-7-15(21)11-16(17)22)24-25-20(26)29-13-19(27)23-10-9-14-5-3-2-4-6-14/h2-8,11H,9-10,12-13H2,1H3,(H,23,27). The molecule has 6 nitrogen and oxygen atoms in total. The molecule has 0 radical (unpaired) electrons. The summed E-state index contributed by atoms with van der Waals surface area (Å²) in [4.78, 5) is 12.1. The van der Waals surface area contributed by atoms with Crippen LogP contribution in [0.2, 0.25) is 10.0 Å². The largest absolute Gasteiger partial charge is 0.484 e. The molecule has 0 bridgehead atoms. The molecule has 9 heteroatoms. The maximum Gasteiger partial charge on any atom is 0.230 e. The highest BCUT2D eigenvalue weighted by Crippen LogP contribution is 2.28. The molecule has 1 amide bonds. The third-order valence-electron chi connectivity index (χ3n) is 4.09. The third kappa shape index (κ3) is 6.39. The lowest BCUT2D eigenvalue weighted by atomic mass is 10.1. The second-order valence-corrected chi connectivity index (χ2v) is 7.98. The van der Waals surface area contributed by atoms with Crippen molar-refractivity contribution in [1.82, 2.24) is 20.1 Å². The van der Waals surface area contributed by atoms with Crippen molar-refractivity contribution in [1.29, 1.82) is 0 Å². The second kappa shape index (κ2) is 10.5. The Morgan fingerprint density at radius 2 is 1.97 bits per heavy atom. The Balaban J connectivity index is 1.44. The van der Waals surface area contributed by atoms with E-state index in [4.69, 9.17) is 27.9 Å². The number of hydrogen-bond donors (Lipinski definition) is 1. The van der Waals surface area contributed by atoms with Gasteiger partial charge >= 0.3 is 0 Å². The zero-order valence-electron chi connectivity index (χ0n) is 15.8. The minimum atomic E-state index is -0.0420. The van der Waals surface area contributed by atoms with E-state index in [0.29, 0.717) is 33.3 Å². The third-order valence-corrected chi connectivity index (χ3v) is 5.64. The fraction of sp³-hybridized carbons (Fsp3) is 0.250. The molecule has 0 aliphatic heterocycles. The van der Waals surface area contributed by atoms with Gasteiger partial charge in [-0.25, -0.2) is 0 Å². The second-order valence-electron chi connectivity index (χ2n) is 6.20. The van der Waals surface area contributed by atoms with E-state index in [1.807, 2.05) is 37.4 Å². The number of ether oxygens (including phenoxy) is 1. The molecule has 0 unspecified atom stereocenters. The number of aromatic nitrogens is 3. The predicted octanol–water partition coefficient (Wildman–Crippen LogP) is 4.15. The first-order valence-electron chi connectivity index (χ1n) is 8.92. The molecule has 2 aromatic carbocycles. The summed E-state index contributed by atoms with van der Waals surface area (Å²) < 4.78 is 7.49. The number of carbonyl (C=O) groups is 1. The zero-order chi connectivity index (χ0) is 20.6. The molecule has 1 heterocycles. The summed E-state index contributed by atoms with van der Waals surface area (Å²) >= 11 is 13.3. The normalized spacial score (nSPS) is 10.7. The smallest absolute Gasteiger partial charge is 0.230 e. The van der Waals surface area contributed by atoms with E-state index < -0.39 is 0 Å². The van der Waals surface area contributed by atoms with Crippen LogP contribution in [0.1, 0.15) is 11.4 Å². The van der Waals surface area contributed by atoms with Crippen LogP contribution in [-0.4, -0.2) is 33.0 Å². The zero-order valence-corrected chi connectivity index (χ0v) is 18.1. The Kier molecular flexibility index (Phi) is 7.80. The molecule has 0 spiro atoms. The SMILES string of the molecule is Cn1c(COc2ccc(Cl)cc2Cl)nnc1SCC(=O)NCCc1ccccc1. The van der Waals surface area contributed by atoms with Gasteiger partial charge in [0.15, 0.2) is 11.0 Å². The molecular formula is C20H20Cl2N4O2S. The number of carbonyl (C=O) groups excluding carboxylic acids is 1. The van der Waals surface area contributed by atoms with Crippen LogP contribution < -0.4 is 10.1 Å². The van der Waals surface area contributed by atoms with Gasteiger partial charge in [-0.2, -0.15) is 0 Å². The lowest BCUT2D eigenvalue weighted by molar-refractivity contribution is -0.118. The van der Waals surface area contributed by atoms with Crippen molar-refractivity contribution in [3.8, 4) is 5.75 Å². The van der Waals surface area contributed by atoms with Gasteiger partial charge in [0.1, 0.15) is 12.4 Å². The Labute approximate surface area is 183 Å². The molecule has 1 aromatic heterocycles. The molecule has 0 fully saturated rings. The molecule has 0 aliphatic rings. The predicted molar refractivity (Wildman–Crippen MR) is 116 cm³/mol. The van der Waals surface area contributed by atoms with E-state index in [1.165, 1.54) is 17.3 Å². The van der Waals surface area contributed by atoms with Gasteiger partial charge in [-0.1, -0.05) is 65.3 Å². The van der Waals surface area contributed by atoms with Crippen LogP contribution in [0.3, 0.4) is 0 Å². The number of rotatable bonds is 9. The molecule has 29 heavy (non-hydrogen) atoms.